The summed E-state index contributed by atoms with van der Waals surface area (Å²) in [5.41, 5.74) is 6.31. The molecule has 1 aliphatic carbocycles. The Morgan fingerprint density at radius 2 is 2.10 bits per heavy atom. The van der Waals surface area contributed by atoms with Crippen LogP contribution in [-0.4, -0.2) is 24.0 Å². The molecule has 1 aromatic carbocycles. The van der Waals surface area contributed by atoms with E-state index in [-0.39, 0.29) is 12.5 Å². The molecule has 0 saturated heterocycles. The average Bonchev–Trinajstić information content (AvgIpc) is 2.89. The monoisotopic (exact) mass is 306 g/mol. The van der Waals surface area contributed by atoms with E-state index in [0.717, 1.165) is 18.0 Å². The SMILES string of the molecule is CC1CCC(CNC(=O)COc2ccc(C(N)=S)cc2)C1. The molecule has 2 unspecified atom stereocenters. The van der Waals surface area contributed by atoms with Crippen LogP contribution in [-0.2, 0) is 4.79 Å². The van der Waals surface area contributed by atoms with E-state index >= 15 is 0 Å². The average molecular weight is 306 g/mol. The van der Waals surface area contributed by atoms with E-state index in [0.29, 0.717) is 16.7 Å². The zero-order chi connectivity index (χ0) is 15.2. The number of carbonyl (C=O) groups is 1. The van der Waals surface area contributed by atoms with Crippen LogP contribution in [0.15, 0.2) is 24.3 Å². The molecular weight excluding hydrogens is 284 g/mol. The highest BCUT2D eigenvalue weighted by Crippen LogP contribution is 2.29. The standard InChI is InChI=1S/C16H22N2O2S/c1-11-2-3-12(8-11)9-18-15(19)10-20-14-6-4-13(5-7-14)16(17)21/h4-7,11-12H,2-3,8-10H2,1H3,(H2,17,21)(H,18,19). The van der Waals surface area contributed by atoms with Gasteiger partial charge in [-0.25, -0.2) is 0 Å². The lowest BCUT2D eigenvalue weighted by Gasteiger charge is -2.12. The zero-order valence-corrected chi connectivity index (χ0v) is 13.1. The van der Waals surface area contributed by atoms with Crippen molar-refractivity contribution in [2.24, 2.45) is 17.6 Å². The van der Waals surface area contributed by atoms with Gasteiger partial charge in [-0.3, -0.25) is 4.79 Å². The van der Waals surface area contributed by atoms with E-state index < -0.39 is 0 Å². The number of rotatable bonds is 6. The number of ether oxygens (including phenoxy) is 1. The maximum atomic E-state index is 11.8. The van der Waals surface area contributed by atoms with Crippen molar-refractivity contribution in [2.45, 2.75) is 26.2 Å². The number of amides is 1. The van der Waals surface area contributed by atoms with Gasteiger partial charge in [-0.05, 0) is 48.9 Å². The van der Waals surface area contributed by atoms with Gasteiger partial charge in [0.15, 0.2) is 6.61 Å². The van der Waals surface area contributed by atoms with Crippen LogP contribution in [0.2, 0.25) is 0 Å². The molecule has 2 rings (SSSR count). The second kappa shape index (κ2) is 7.41. The van der Waals surface area contributed by atoms with Crippen molar-refractivity contribution < 1.29 is 9.53 Å². The van der Waals surface area contributed by atoms with Crippen LogP contribution in [0.3, 0.4) is 0 Å². The van der Waals surface area contributed by atoms with Crippen LogP contribution in [0, 0.1) is 11.8 Å². The van der Waals surface area contributed by atoms with Gasteiger partial charge in [0.2, 0.25) is 0 Å². The Morgan fingerprint density at radius 1 is 1.38 bits per heavy atom. The normalized spacial score (nSPS) is 21.0. The lowest BCUT2D eigenvalue weighted by Crippen LogP contribution is -2.32. The van der Waals surface area contributed by atoms with E-state index in [1.807, 2.05) is 0 Å². The highest BCUT2D eigenvalue weighted by Gasteiger charge is 2.21. The molecule has 2 atom stereocenters. The lowest BCUT2D eigenvalue weighted by molar-refractivity contribution is -0.123. The number of carbonyl (C=O) groups excluding carboxylic acids is 1. The van der Waals surface area contributed by atoms with E-state index in [1.165, 1.54) is 19.3 Å². The number of hydrogen-bond donors (Lipinski definition) is 2. The van der Waals surface area contributed by atoms with Crippen LogP contribution in [0.25, 0.3) is 0 Å². The third-order valence-electron chi connectivity index (χ3n) is 3.90. The van der Waals surface area contributed by atoms with Crippen molar-refractivity contribution in [1.82, 2.24) is 5.32 Å². The fourth-order valence-electron chi connectivity index (χ4n) is 2.68. The zero-order valence-electron chi connectivity index (χ0n) is 12.3. The fraction of sp³-hybridized carbons (Fsp3) is 0.500. The first-order chi connectivity index (χ1) is 10.0. The molecule has 1 amide bonds. The lowest BCUT2D eigenvalue weighted by atomic mass is 10.1. The van der Waals surface area contributed by atoms with Gasteiger partial charge in [0.05, 0.1) is 0 Å². The summed E-state index contributed by atoms with van der Waals surface area (Å²) in [6.45, 7) is 3.06. The van der Waals surface area contributed by atoms with Gasteiger partial charge in [-0.2, -0.15) is 0 Å². The Kier molecular flexibility index (Phi) is 5.56. The number of nitrogens with one attached hydrogen (secondary N) is 1. The minimum Gasteiger partial charge on any atom is -0.484 e. The number of benzene rings is 1. The second-order valence-electron chi connectivity index (χ2n) is 5.77. The first kappa shape index (κ1) is 15.8. The fourth-order valence-corrected chi connectivity index (χ4v) is 2.82. The Labute approximate surface area is 131 Å². The van der Waals surface area contributed by atoms with Gasteiger partial charge in [-0.1, -0.05) is 25.6 Å². The molecule has 4 nitrogen and oxygen atoms in total. The number of nitrogens with two attached hydrogens (primary N) is 1. The van der Waals surface area contributed by atoms with Crippen molar-refractivity contribution in [3.05, 3.63) is 29.8 Å². The highest BCUT2D eigenvalue weighted by molar-refractivity contribution is 7.80. The third kappa shape index (κ3) is 5.01. The first-order valence-corrected chi connectivity index (χ1v) is 7.75. The number of thiocarbonyl (C=S) groups is 1. The van der Waals surface area contributed by atoms with Crippen molar-refractivity contribution in [2.75, 3.05) is 13.2 Å². The van der Waals surface area contributed by atoms with E-state index in [4.69, 9.17) is 22.7 Å². The van der Waals surface area contributed by atoms with Gasteiger partial charge in [0.25, 0.3) is 5.91 Å². The molecule has 1 fully saturated rings. The predicted molar refractivity (Wildman–Crippen MR) is 87.3 cm³/mol. The second-order valence-corrected chi connectivity index (χ2v) is 6.21. The molecule has 1 aliphatic rings. The Bertz CT molecular complexity index is 502. The van der Waals surface area contributed by atoms with Crippen LogP contribution in [0.4, 0.5) is 0 Å². The van der Waals surface area contributed by atoms with Crippen molar-refractivity contribution in [3.63, 3.8) is 0 Å². The first-order valence-electron chi connectivity index (χ1n) is 7.34. The van der Waals surface area contributed by atoms with E-state index in [2.05, 4.69) is 12.2 Å². The third-order valence-corrected chi connectivity index (χ3v) is 4.14. The highest BCUT2D eigenvalue weighted by atomic mass is 32.1. The quantitative estimate of drug-likeness (QED) is 0.791. The number of hydrogen-bond acceptors (Lipinski definition) is 3. The van der Waals surface area contributed by atoms with Gasteiger partial charge in [-0.15, -0.1) is 0 Å². The molecule has 0 spiro atoms. The molecule has 1 saturated carbocycles. The molecular formula is C16H22N2O2S. The van der Waals surface area contributed by atoms with Gasteiger partial charge in [0, 0.05) is 12.1 Å². The van der Waals surface area contributed by atoms with Crippen molar-refractivity contribution in [3.8, 4) is 5.75 Å². The summed E-state index contributed by atoms with van der Waals surface area (Å²) in [5, 5.41) is 2.94. The molecule has 5 heteroatoms. The van der Waals surface area contributed by atoms with Crippen molar-refractivity contribution >= 4 is 23.1 Å². The molecule has 0 aliphatic heterocycles. The summed E-state index contributed by atoms with van der Waals surface area (Å²) in [6, 6.07) is 7.10. The molecule has 1 aromatic rings. The van der Waals surface area contributed by atoms with Gasteiger partial charge >= 0.3 is 0 Å². The van der Waals surface area contributed by atoms with Crippen LogP contribution >= 0.6 is 12.2 Å². The largest absolute Gasteiger partial charge is 0.484 e. The molecule has 0 bridgehead atoms. The summed E-state index contributed by atoms with van der Waals surface area (Å²) < 4.78 is 5.44. The maximum Gasteiger partial charge on any atom is 0.257 e. The van der Waals surface area contributed by atoms with E-state index in [9.17, 15) is 4.79 Å². The smallest absolute Gasteiger partial charge is 0.257 e. The molecule has 21 heavy (non-hydrogen) atoms. The van der Waals surface area contributed by atoms with Crippen molar-refractivity contribution in [1.29, 1.82) is 0 Å². The minimum absolute atomic E-state index is 0.0364. The van der Waals surface area contributed by atoms with Crippen LogP contribution in [0.5, 0.6) is 5.75 Å². The summed E-state index contributed by atoms with van der Waals surface area (Å²) >= 11 is 4.88. The molecule has 0 radical (unpaired) electrons. The van der Waals surface area contributed by atoms with E-state index in [1.54, 1.807) is 24.3 Å². The Balaban J connectivity index is 1.69. The molecule has 114 valence electrons. The summed E-state index contributed by atoms with van der Waals surface area (Å²) in [4.78, 5) is 12.1. The van der Waals surface area contributed by atoms with Crippen LogP contribution in [0.1, 0.15) is 31.7 Å². The predicted octanol–water partition coefficient (Wildman–Crippen LogP) is 2.25. The van der Waals surface area contributed by atoms with Gasteiger partial charge in [0.1, 0.15) is 10.7 Å². The summed E-state index contributed by atoms with van der Waals surface area (Å²) in [5.74, 6) is 1.97. The minimum atomic E-state index is -0.0759. The Morgan fingerprint density at radius 3 is 2.67 bits per heavy atom. The topological polar surface area (TPSA) is 64.3 Å². The molecule has 0 aromatic heterocycles. The molecule has 0 heterocycles. The summed E-state index contributed by atoms with van der Waals surface area (Å²) in [6.07, 6.45) is 3.69. The Hall–Kier alpha value is -1.62. The molecule has 3 N–H and O–H groups in total. The summed E-state index contributed by atoms with van der Waals surface area (Å²) in [7, 11) is 0. The maximum absolute atomic E-state index is 11.8. The van der Waals surface area contributed by atoms with Gasteiger partial charge < -0.3 is 15.8 Å². The van der Waals surface area contributed by atoms with Crippen LogP contribution < -0.4 is 15.8 Å².